The van der Waals surface area contributed by atoms with Crippen LogP contribution >= 0.6 is 0 Å². The van der Waals surface area contributed by atoms with Gasteiger partial charge in [0.05, 0.1) is 12.5 Å². The van der Waals surface area contributed by atoms with Crippen molar-refractivity contribution in [3.8, 4) is 0 Å². The Morgan fingerprint density at radius 2 is 2.05 bits per heavy atom. The van der Waals surface area contributed by atoms with Gasteiger partial charge in [0, 0.05) is 25.2 Å². The van der Waals surface area contributed by atoms with E-state index < -0.39 is 0 Å². The molecule has 1 heterocycles. The maximum Gasteiger partial charge on any atom is 0.310 e. The van der Waals surface area contributed by atoms with Crippen molar-refractivity contribution in [3.05, 3.63) is 35.4 Å². The Kier molecular flexibility index (Phi) is 5.33. The van der Waals surface area contributed by atoms with Gasteiger partial charge < -0.3 is 15.4 Å². The molecule has 2 rings (SSSR count). The zero-order valence-corrected chi connectivity index (χ0v) is 12.4. The molecule has 5 heteroatoms. The highest BCUT2D eigenvalue weighted by Crippen LogP contribution is 2.20. The van der Waals surface area contributed by atoms with Gasteiger partial charge in [-0.1, -0.05) is 12.1 Å². The third-order valence-corrected chi connectivity index (χ3v) is 3.77. The Labute approximate surface area is 125 Å². The second-order valence-electron chi connectivity index (χ2n) is 5.24. The van der Waals surface area contributed by atoms with E-state index in [1.165, 1.54) is 0 Å². The van der Waals surface area contributed by atoms with Gasteiger partial charge in [-0.25, -0.2) is 0 Å². The highest BCUT2D eigenvalue weighted by atomic mass is 16.5. The van der Waals surface area contributed by atoms with Crippen LogP contribution in [0.1, 0.15) is 35.7 Å². The number of piperidine rings is 1. The van der Waals surface area contributed by atoms with E-state index in [4.69, 9.17) is 10.5 Å². The van der Waals surface area contributed by atoms with Gasteiger partial charge >= 0.3 is 5.97 Å². The number of hydrogen-bond donors (Lipinski definition) is 1. The lowest BCUT2D eigenvalue weighted by molar-refractivity contribution is -0.149. The van der Waals surface area contributed by atoms with E-state index in [1.807, 2.05) is 12.1 Å². The second-order valence-corrected chi connectivity index (χ2v) is 5.24. The van der Waals surface area contributed by atoms with Crippen LogP contribution in [0, 0.1) is 5.92 Å². The molecule has 5 nitrogen and oxygen atoms in total. The van der Waals surface area contributed by atoms with Crippen molar-refractivity contribution in [1.82, 2.24) is 4.90 Å². The number of amides is 1. The number of carbonyl (C=O) groups is 2. The van der Waals surface area contributed by atoms with E-state index in [-0.39, 0.29) is 17.8 Å². The van der Waals surface area contributed by atoms with Crippen LogP contribution < -0.4 is 5.73 Å². The van der Waals surface area contributed by atoms with E-state index in [0.29, 0.717) is 31.8 Å². The quantitative estimate of drug-likeness (QED) is 0.854. The average Bonchev–Trinajstić information content (AvgIpc) is 2.54. The third kappa shape index (κ3) is 3.82. The van der Waals surface area contributed by atoms with Gasteiger partial charge in [0.25, 0.3) is 5.91 Å². The van der Waals surface area contributed by atoms with Crippen LogP contribution in [-0.2, 0) is 16.1 Å². The van der Waals surface area contributed by atoms with Crippen LogP contribution in [0.15, 0.2) is 24.3 Å². The SMILES string of the molecule is CCOC(=O)C1CCCN(C(=O)c2ccc(CN)cc2)C1. The van der Waals surface area contributed by atoms with Crippen LogP contribution in [0.25, 0.3) is 0 Å². The van der Waals surface area contributed by atoms with Gasteiger partial charge in [0.15, 0.2) is 0 Å². The zero-order chi connectivity index (χ0) is 15.2. The molecule has 1 amide bonds. The molecule has 2 N–H and O–H groups in total. The van der Waals surface area contributed by atoms with Gasteiger partial charge in [-0.3, -0.25) is 9.59 Å². The molecule has 114 valence electrons. The van der Waals surface area contributed by atoms with Crippen molar-refractivity contribution in [2.45, 2.75) is 26.3 Å². The number of nitrogens with two attached hydrogens (primary N) is 1. The van der Waals surface area contributed by atoms with E-state index >= 15 is 0 Å². The number of ether oxygens (including phenoxy) is 1. The van der Waals surface area contributed by atoms with Crippen LogP contribution in [0.4, 0.5) is 0 Å². The molecule has 1 aliphatic heterocycles. The van der Waals surface area contributed by atoms with Crippen molar-refractivity contribution in [2.24, 2.45) is 11.7 Å². The summed E-state index contributed by atoms with van der Waals surface area (Å²) >= 11 is 0. The number of esters is 1. The number of rotatable bonds is 4. The van der Waals surface area contributed by atoms with Crippen molar-refractivity contribution in [2.75, 3.05) is 19.7 Å². The fraction of sp³-hybridized carbons (Fsp3) is 0.500. The standard InChI is InChI=1S/C16H22N2O3/c1-2-21-16(20)14-4-3-9-18(11-14)15(19)13-7-5-12(10-17)6-8-13/h5-8,14H,2-4,9-11,17H2,1H3. The predicted octanol–water partition coefficient (Wildman–Crippen LogP) is 1.56. The molecule has 1 aliphatic rings. The molecule has 1 aromatic rings. The van der Waals surface area contributed by atoms with Gasteiger partial charge in [0.2, 0.25) is 0 Å². The first-order valence-electron chi connectivity index (χ1n) is 7.40. The molecular weight excluding hydrogens is 268 g/mol. The molecule has 1 unspecified atom stereocenters. The zero-order valence-electron chi connectivity index (χ0n) is 12.4. The summed E-state index contributed by atoms with van der Waals surface area (Å²) in [5, 5.41) is 0. The van der Waals surface area contributed by atoms with Crippen molar-refractivity contribution < 1.29 is 14.3 Å². The van der Waals surface area contributed by atoms with Crippen molar-refractivity contribution in [3.63, 3.8) is 0 Å². The van der Waals surface area contributed by atoms with Gasteiger partial charge in [-0.2, -0.15) is 0 Å². The molecule has 0 bridgehead atoms. The molecular formula is C16H22N2O3. The summed E-state index contributed by atoms with van der Waals surface area (Å²) in [6.07, 6.45) is 1.62. The Hall–Kier alpha value is -1.88. The summed E-state index contributed by atoms with van der Waals surface area (Å²) < 4.78 is 5.05. The van der Waals surface area contributed by atoms with Crippen LogP contribution in [-0.4, -0.2) is 36.5 Å². The van der Waals surface area contributed by atoms with Crippen LogP contribution in [0.2, 0.25) is 0 Å². The van der Waals surface area contributed by atoms with Gasteiger partial charge in [-0.05, 0) is 37.5 Å². The Morgan fingerprint density at radius 3 is 2.67 bits per heavy atom. The normalized spacial score (nSPS) is 18.4. The molecule has 1 saturated heterocycles. The van der Waals surface area contributed by atoms with Gasteiger partial charge in [0.1, 0.15) is 0 Å². The van der Waals surface area contributed by atoms with Crippen LogP contribution in [0.3, 0.4) is 0 Å². The third-order valence-electron chi connectivity index (χ3n) is 3.77. The molecule has 0 spiro atoms. The van der Waals surface area contributed by atoms with E-state index in [2.05, 4.69) is 0 Å². The van der Waals surface area contributed by atoms with Crippen LogP contribution in [0.5, 0.6) is 0 Å². The second kappa shape index (κ2) is 7.22. The van der Waals surface area contributed by atoms with Crippen molar-refractivity contribution in [1.29, 1.82) is 0 Å². The predicted molar refractivity (Wildman–Crippen MR) is 79.6 cm³/mol. The molecule has 0 radical (unpaired) electrons. The minimum absolute atomic E-state index is 0.0347. The smallest absolute Gasteiger partial charge is 0.310 e. The Bertz CT molecular complexity index is 499. The lowest BCUT2D eigenvalue weighted by atomic mass is 9.97. The highest BCUT2D eigenvalue weighted by molar-refractivity contribution is 5.94. The summed E-state index contributed by atoms with van der Waals surface area (Å²) in [6.45, 7) is 3.76. The topological polar surface area (TPSA) is 72.6 Å². The number of nitrogens with zero attached hydrogens (tertiary/aromatic N) is 1. The summed E-state index contributed by atoms with van der Waals surface area (Å²) in [5.74, 6) is -0.438. The summed E-state index contributed by atoms with van der Waals surface area (Å²) in [6, 6.07) is 7.30. The minimum atomic E-state index is -0.203. The molecule has 0 aliphatic carbocycles. The summed E-state index contributed by atoms with van der Waals surface area (Å²) in [7, 11) is 0. The Balaban J connectivity index is 2.02. The minimum Gasteiger partial charge on any atom is -0.466 e. The molecule has 1 atom stereocenters. The Morgan fingerprint density at radius 1 is 1.33 bits per heavy atom. The molecule has 21 heavy (non-hydrogen) atoms. The maximum absolute atomic E-state index is 12.5. The number of hydrogen-bond acceptors (Lipinski definition) is 4. The number of carbonyl (C=O) groups excluding carboxylic acids is 2. The first kappa shape index (κ1) is 15.5. The first-order chi connectivity index (χ1) is 10.2. The monoisotopic (exact) mass is 290 g/mol. The van der Waals surface area contributed by atoms with E-state index in [1.54, 1.807) is 24.0 Å². The first-order valence-corrected chi connectivity index (χ1v) is 7.40. The molecule has 1 fully saturated rings. The molecule has 0 aromatic heterocycles. The number of likely N-dealkylation sites (tertiary alicyclic amines) is 1. The van der Waals surface area contributed by atoms with E-state index in [0.717, 1.165) is 18.4 Å². The fourth-order valence-electron chi connectivity index (χ4n) is 2.58. The number of benzene rings is 1. The van der Waals surface area contributed by atoms with Gasteiger partial charge in [-0.15, -0.1) is 0 Å². The van der Waals surface area contributed by atoms with E-state index in [9.17, 15) is 9.59 Å². The summed E-state index contributed by atoms with van der Waals surface area (Å²) in [4.78, 5) is 26.0. The summed E-state index contributed by atoms with van der Waals surface area (Å²) in [5.41, 5.74) is 7.18. The largest absolute Gasteiger partial charge is 0.466 e. The lowest BCUT2D eigenvalue weighted by Crippen LogP contribution is -2.42. The van der Waals surface area contributed by atoms with Crippen molar-refractivity contribution >= 4 is 11.9 Å². The lowest BCUT2D eigenvalue weighted by Gasteiger charge is -2.31. The average molecular weight is 290 g/mol. The molecule has 0 saturated carbocycles. The maximum atomic E-state index is 12.5. The highest BCUT2D eigenvalue weighted by Gasteiger charge is 2.29. The fourth-order valence-corrected chi connectivity index (χ4v) is 2.58. The molecule has 1 aromatic carbocycles.